The third kappa shape index (κ3) is 4.53. The zero-order valence-corrected chi connectivity index (χ0v) is 14.3. The zero-order valence-electron chi connectivity index (χ0n) is 14.3. The standard InChI is InChI=1S/C18H24N4O2/c1-22(2)17(13-5-4-6-16(10-13)24-3)12-21-18(23)14-7-8-20-15(9-14)11-19/h4-10,17H,11-12,19H2,1-3H3,(H,21,23). The molecule has 0 aliphatic carbocycles. The molecule has 1 heterocycles. The van der Waals surface area contributed by atoms with Gasteiger partial charge in [-0.1, -0.05) is 12.1 Å². The largest absolute Gasteiger partial charge is 0.497 e. The minimum Gasteiger partial charge on any atom is -0.497 e. The van der Waals surface area contributed by atoms with Gasteiger partial charge in [-0.3, -0.25) is 9.78 Å². The van der Waals surface area contributed by atoms with Crippen LogP contribution in [0.5, 0.6) is 5.75 Å². The summed E-state index contributed by atoms with van der Waals surface area (Å²) in [6.07, 6.45) is 1.60. The van der Waals surface area contributed by atoms with Crippen LogP contribution in [-0.2, 0) is 6.54 Å². The van der Waals surface area contributed by atoms with Gasteiger partial charge in [0.05, 0.1) is 18.8 Å². The van der Waals surface area contributed by atoms with Gasteiger partial charge in [0.25, 0.3) is 5.91 Å². The number of amides is 1. The van der Waals surface area contributed by atoms with Gasteiger partial charge in [-0.25, -0.2) is 0 Å². The Bertz CT molecular complexity index is 688. The smallest absolute Gasteiger partial charge is 0.251 e. The van der Waals surface area contributed by atoms with E-state index in [0.29, 0.717) is 24.3 Å². The van der Waals surface area contributed by atoms with E-state index >= 15 is 0 Å². The number of carbonyl (C=O) groups excluding carboxylic acids is 1. The molecule has 2 aromatic rings. The number of pyridine rings is 1. The molecule has 3 N–H and O–H groups in total. The second-order valence-electron chi connectivity index (χ2n) is 5.71. The van der Waals surface area contributed by atoms with Crippen molar-refractivity contribution in [1.82, 2.24) is 15.2 Å². The number of hydrogen-bond donors (Lipinski definition) is 2. The van der Waals surface area contributed by atoms with Crippen molar-refractivity contribution in [3.63, 3.8) is 0 Å². The zero-order chi connectivity index (χ0) is 17.5. The molecule has 0 spiro atoms. The lowest BCUT2D eigenvalue weighted by Gasteiger charge is -2.25. The molecule has 6 heteroatoms. The number of nitrogens with one attached hydrogen (secondary N) is 1. The molecule has 24 heavy (non-hydrogen) atoms. The number of aromatic nitrogens is 1. The Morgan fingerprint density at radius 1 is 1.33 bits per heavy atom. The molecule has 1 atom stereocenters. The number of hydrogen-bond acceptors (Lipinski definition) is 5. The van der Waals surface area contributed by atoms with E-state index in [1.165, 1.54) is 0 Å². The molecule has 0 aliphatic heterocycles. The topological polar surface area (TPSA) is 80.5 Å². The van der Waals surface area contributed by atoms with Crippen LogP contribution in [0.4, 0.5) is 0 Å². The van der Waals surface area contributed by atoms with Gasteiger partial charge in [0, 0.05) is 24.8 Å². The van der Waals surface area contributed by atoms with Crippen LogP contribution < -0.4 is 15.8 Å². The molecule has 0 saturated carbocycles. The number of ether oxygens (including phenoxy) is 1. The Kier molecular flexibility index (Phi) is 6.28. The maximum absolute atomic E-state index is 12.4. The maximum atomic E-state index is 12.4. The fraction of sp³-hybridized carbons (Fsp3) is 0.333. The monoisotopic (exact) mass is 328 g/mol. The summed E-state index contributed by atoms with van der Waals surface area (Å²) >= 11 is 0. The minimum absolute atomic E-state index is 0.0415. The van der Waals surface area contributed by atoms with Crippen molar-refractivity contribution in [1.29, 1.82) is 0 Å². The van der Waals surface area contributed by atoms with Crippen LogP contribution in [0.25, 0.3) is 0 Å². The Morgan fingerprint density at radius 3 is 2.79 bits per heavy atom. The van der Waals surface area contributed by atoms with Crippen molar-refractivity contribution in [3.05, 3.63) is 59.4 Å². The molecule has 0 aliphatic rings. The molecule has 0 radical (unpaired) electrons. The van der Waals surface area contributed by atoms with Crippen LogP contribution in [-0.4, -0.2) is 43.5 Å². The van der Waals surface area contributed by atoms with Crippen LogP contribution >= 0.6 is 0 Å². The number of nitrogens with two attached hydrogens (primary N) is 1. The predicted molar refractivity (Wildman–Crippen MR) is 93.9 cm³/mol. The van der Waals surface area contributed by atoms with Crippen LogP contribution in [0.2, 0.25) is 0 Å². The number of carbonyl (C=O) groups is 1. The summed E-state index contributed by atoms with van der Waals surface area (Å²) in [5.41, 5.74) is 7.91. The maximum Gasteiger partial charge on any atom is 0.251 e. The summed E-state index contributed by atoms with van der Waals surface area (Å²) < 4.78 is 5.28. The highest BCUT2D eigenvalue weighted by molar-refractivity contribution is 5.94. The highest BCUT2D eigenvalue weighted by Crippen LogP contribution is 2.22. The van der Waals surface area contributed by atoms with Crippen molar-refractivity contribution < 1.29 is 9.53 Å². The number of likely N-dealkylation sites (N-methyl/N-ethyl adjacent to an activating group) is 1. The van der Waals surface area contributed by atoms with Gasteiger partial charge >= 0.3 is 0 Å². The summed E-state index contributed by atoms with van der Waals surface area (Å²) in [4.78, 5) is 18.5. The Balaban J connectivity index is 2.09. The van der Waals surface area contributed by atoms with Crippen molar-refractivity contribution in [2.24, 2.45) is 5.73 Å². The molecule has 1 unspecified atom stereocenters. The second-order valence-corrected chi connectivity index (χ2v) is 5.71. The normalized spacial score (nSPS) is 12.0. The van der Waals surface area contributed by atoms with E-state index in [1.54, 1.807) is 25.4 Å². The third-order valence-electron chi connectivity index (χ3n) is 3.85. The average Bonchev–Trinajstić information content (AvgIpc) is 2.61. The molecular weight excluding hydrogens is 304 g/mol. The number of methoxy groups -OCH3 is 1. The van der Waals surface area contributed by atoms with Gasteiger partial charge in [0.2, 0.25) is 0 Å². The summed E-state index contributed by atoms with van der Waals surface area (Å²) in [5, 5.41) is 2.98. The highest BCUT2D eigenvalue weighted by atomic mass is 16.5. The lowest BCUT2D eigenvalue weighted by molar-refractivity contribution is 0.0941. The molecule has 6 nitrogen and oxygen atoms in total. The van der Waals surface area contributed by atoms with Gasteiger partial charge < -0.3 is 20.7 Å². The summed E-state index contributed by atoms with van der Waals surface area (Å²) in [6, 6.07) is 11.3. The van der Waals surface area contributed by atoms with E-state index in [0.717, 1.165) is 11.3 Å². The van der Waals surface area contributed by atoms with Crippen molar-refractivity contribution in [2.75, 3.05) is 27.7 Å². The van der Waals surface area contributed by atoms with Gasteiger partial charge in [0.1, 0.15) is 5.75 Å². The Hall–Kier alpha value is -2.44. The fourth-order valence-corrected chi connectivity index (χ4v) is 2.47. The molecule has 128 valence electrons. The number of rotatable bonds is 7. The van der Waals surface area contributed by atoms with Crippen LogP contribution in [0.1, 0.15) is 27.7 Å². The summed E-state index contributed by atoms with van der Waals surface area (Å²) in [6.45, 7) is 0.796. The molecule has 1 aromatic heterocycles. The van der Waals surface area contributed by atoms with Crippen molar-refractivity contribution in [2.45, 2.75) is 12.6 Å². The average molecular weight is 328 g/mol. The van der Waals surface area contributed by atoms with E-state index in [9.17, 15) is 4.79 Å². The van der Waals surface area contributed by atoms with Gasteiger partial charge in [-0.05, 0) is 43.9 Å². The van der Waals surface area contributed by atoms with E-state index in [2.05, 4.69) is 15.2 Å². The fourth-order valence-electron chi connectivity index (χ4n) is 2.47. The molecule has 2 rings (SSSR count). The van der Waals surface area contributed by atoms with Gasteiger partial charge in [0.15, 0.2) is 0 Å². The predicted octanol–water partition coefficient (Wildman–Crippen LogP) is 1.58. The molecule has 1 amide bonds. The van der Waals surface area contributed by atoms with Crippen molar-refractivity contribution in [3.8, 4) is 5.75 Å². The van der Waals surface area contributed by atoms with E-state index in [-0.39, 0.29) is 11.9 Å². The van der Waals surface area contributed by atoms with Crippen LogP contribution in [0.3, 0.4) is 0 Å². The van der Waals surface area contributed by atoms with Crippen LogP contribution in [0.15, 0.2) is 42.6 Å². The SMILES string of the molecule is COc1cccc(C(CNC(=O)c2ccnc(CN)c2)N(C)C)c1. The first-order valence-corrected chi connectivity index (χ1v) is 7.78. The summed E-state index contributed by atoms with van der Waals surface area (Å²) in [5.74, 6) is 0.661. The quantitative estimate of drug-likeness (QED) is 0.806. The molecular formula is C18H24N4O2. The molecule has 1 aromatic carbocycles. The lowest BCUT2D eigenvalue weighted by atomic mass is 10.1. The van der Waals surface area contributed by atoms with Crippen molar-refractivity contribution >= 4 is 5.91 Å². The molecule has 0 saturated heterocycles. The molecule has 0 bridgehead atoms. The van der Waals surface area contributed by atoms with E-state index in [1.807, 2.05) is 38.4 Å². The second kappa shape index (κ2) is 8.42. The van der Waals surface area contributed by atoms with Gasteiger partial charge in [-0.15, -0.1) is 0 Å². The lowest BCUT2D eigenvalue weighted by Crippen LogP contribution is -2.34. The summed E-state index contributed by atoms with van der Waals surface area (Å²) in [7, 11) is 5.61. The first kappa shape index (κ1) is 17.9. The van der Waals surface area contributed by atoms with Crippen LogP contribution in [0, 0.1) is 0 Å². The Morgan fingerprint density at radius 2 is 2.12 bits per heavy atom. The first-order chi connectivity index (χ1) is 11.5. The number of benzene rings is 1. The third-order valence-corrected chi connectivity index (χ3v) is 3.85. The first-order valence-electron chi connectivity index (χ1n) is 7.78. The van der Waals surface area contributed by atoms with E-state index < -0.39 is 0 Å². The van der Waals surface area contributed by atoms with Gasteiger partial charge in [-0.2, -0.15) is 0 Å². The Labute approximate surface area is 142 Å². The number of nitrogens with zero attached hydrogens (tertiary/aromatic N) is 2. The molecule has 0 fully saturated rings. The highest BCUT2D eigenvalue weighted by Gasteiger charge is 2.16. The minimum atomic E-state index is -0.137. The van der Waals surface area contributed by atoms with E-state index in [4.69, 9.17) is 10.5 Å².